The van der Waals surface area contributed by atoms with E-state index in [1.165, 1.54) is 12.1 Å². The first-order chi connectivity index (χ1) is 7.52. The van der Waals surface area contributed by atoms with Gasteiger partial charge in [0.25, 0.3) is 0 Å². The summed E-state index contributed by atoms with van der Waals surface area (Å²) in [5.41, 5.74) is -0.313. The molecule has 0 radical (unpaired) electrons. The average Bonchev–Trinajstić information content (AvgIpc) is 2.16. The van der Waals surface area contributed by atoms with Crippen molar-refractivity contribution in [3.8, 4) is 0 Å². The Kier molecular flexibility index (Phi) is 4.83. The second-order valence-electron chi connectivity index (χ2n) is 2.94. The van der Waals surface area contributed by atoms with E-state index in [1.54, 1.807) is 6.92 Å². The third kappa shape index (κ3) is 3.87. The van der Waals surface area contributed by atoms with E-state index in [2.05, 4.69) is 0 Å². The largest absolute Gasteiger partial charge is 0.466 e. The monoisotopic (exact) mass is 264 g/mol. The van der Waals surface area contributed by atoms with E-state index in [0.29, 0.717) is 0 Å². The predicted octanol–water partition coefficient (Wildman–Crippen LogP) is 2.22. The molecule has 0 saturated heterocycles. The number of carbonyl (C=O) groups excluding carboxylic acids is 1. The molecule has 16 heavy (non-hydrogen) atoms. The van der Waals surface area contributed by atoms with Gasteiger partial charge in [-0.3, -0.25) is 9.59 Å². The van der Waals surface area contributed by atoms with Gasteiger partial charge in [-0.2, -0.15) is 0 Å². The minimum atomic E-state index is -0.935. The number of ether oxygens (including phenoxy) is 1. The van der Waals surface area contributed by atoms with Gasteiger partial charge in [0.15, 0.2) is 10.3 Å². The third-order valence-corrected chi connectivity index (χ3v) is 2.11. The first kappa shape index (κ1) is 13.1. The van der Waals surface area contributed by atoms with Gasteiger partial charge in [0.1, 0.15) is 17.9 Å². The normalized spacial score (nSPS) is 10.5. The number of hydrogen-bond acceptors (Lipinski definition) is 4. The maximum absolute atomic E-state index is 11.2. The molecule has 0 fully saturated rings. The van der Waals surface area contributed by atoms with Crippen molar-refractivity contribution in [2.45, 2.75) is 18.2 Å². The SMILES string of the molecule is CCOC(=O)Cc1cc(=O)cc(C(Cl)Cl)o1. The van der Waals surface area contributed by atoms with Crippen LogP contribution in [0, 0.1) is 0 Å². The smallest absolute Gasteiger partial charge is 0.313 e. The minimum Gasteiger partial charge on any atom is -0.466 e. The van der Waals surface area contributed by atoms with Crippen LogP contribution in [0.5, 0.6) is 0 Å². The fraction of sp³-hybridized carbons (Fsp3) is 0.400. The zero-order valence-corrected chi connectivity index (χ0v) is 10.0. The van der Waals surface area contributed by atoms with Crippen molar-refractivity contribution in [2.75, 3.05) is 6.61 Å². The molecule has 0 aliphatic heterocycles. The van der Waals surface area contributed by atoms with Crippen molar-refractivity contribution in [1.82, 2.24) is 0 Å². The predicted molar refractivity (Wildman–Crippen MR) is 59.8 cm³/mol. The highest BCUT2D eigenvalue weighted by Crippen LogP contribution is 2.23. The third-order valence-electron chi connectivity index (χ3n) is 1.68. The lowest BCUT2D eigenvalue weighted by atomic mass is 10.3. The molecule has 1 aromatic heterocycles. The molecule has 1 aromatic rings. The lowest BCUT2D eigenvalue weighted by molar-refractivity contribution is -0.142. The second-order valence-corrected chi connectivity index (χ2v) is 4.04. The number of esters is 1. The van der Waals surface area contributed by atoms with Crippen molar-refractivity contribution in [1.29, 1.82) is 0 Å². The molecule has 0 N–H and O–H groups in total. The molecule has 1 heterocycles. The Bertz CT molecular complexity index is 425. The van der Waals surface area contributed by atoms with E-state index < -0.39 is 10.8 Å². The summed E-state index contributed by atoms with van der Waals surface area (Å²) < 4.78 is 9.89. The van der Waals surface area contributed by atoms with Crippen LogP contribution in [-0.4, -0.2) is 12.6 Å². The molecule has 0 saturated carbocycles. The number of carbonyl (C=O) groups is 1. The molecular weight excluding hydrogens is 255 g/mol. The van der Waals surface area contributed by atoms with Crippen molar-refractivity contribution < 1.29 is 13.9 Å². The quantitative estimate of drug-likeness (QED) is 0.618. The molecule has 4 nitrogen and oxygen atoms in total. The Balaban J connectivity index is 2.88. The van der Waals surface area contributed by atoms with Crippen molar-refractivity contribution >= 4 is 29.2 Å². The highest BCUT2D eigenvalue weighted by molar-refractivity contribution is 6.43. The molecule has 6 heteroatoms. The molecule has 0 atom stereocenters. The van der Waals surface area contributed by atoms with Gasteiger partial charge in [-0.1, -0.05) is 23.2 Å². The minimum absolute atomic E-state index is 0.114. The fourth-order valence-corrected chi connectivity index (χ4v) is 1.31. The van der Waals surface area contributed by atoms with Crippen LogP contribution in [0.2, 0.25) is 0 Å². The highest BCUT2D eigenvalue weighted by Gasteiger charge is 2.12. The van der Waals surface area contributed by atoms with Crippen LogP contribution in [0.15, 0.2) is 21.3 Å². The maximum Gasteiger partial charge on any atom is 0.313 e. The summed E-state index contributed by atoms with van der Waals surface area (Å²) in [6.45, 7) is 1.97. The molecule has 0 spiro atoms. The fourth-order valence-electron chi connectivity index (χ4n) is 1.10. The molecule has 0 unspecified atom stereocenters. The lowest BCUT2D eigenvalue weighted by Crippen LogP contribution is -2.10. The molecule has 0 aromatic carbocycles. The average molecular weight is 265 g/mol. The Morgan fingerprint density at radius 3 is 2.75 bits per heavy atom. The van der Waals surface area contributed by atoms with Crippen LogP contribution < -0.4 is 5.43 Å². The van der Waals surface area contributed by atoms with Crippen molar-refractivity contribution in [2.24, 2.45) is 0 Å². The van der Waals surface area contributed by atoms with E-state index in [0.717, 1.165) is 0 Å². The topological polar surface area (TPSA) is 56.5 Å². The molecule has 0 aliphatic carbocycles. The lowest BCUT2D eigenvalue weighted by Gasteiger charge is -2.04. The number of hydrogen-bond donors (Lipinski definition) is 0. The summed E-state index contributed by atoms with van der Waals surface area (Å²) in [7, 11) is 0. The van der Waals surface area contributed by atoms with Crippen molar-refractivity contribution in [3.05, 3.63) is 33.9 Å². The van der Waals surface area contributed by atoms with E-state index in [4.69, 9.17) is 32.4 Å². The number of alkyl halides is 2. The Labute approximate surface area is 102 Å². The van der Waals surface area contributed by atoms with Gasteiger partial charge in [0.2, 0.25) is 0 Å². The maximum atomic E-state index is 11.2. The Morgan fingerprint density at radius 1 is 1.50 bits per heavy atom. The van der Waals surface area contributed by atoms with Crippen LogP contribution in [-0.2, 0) is 16.0 Å². The van der Waals surface area contributed by atoms with Gasteiger partial charge in [-0.25, -0.2) is 0 Å². The van der Waals surface area contributed by atoms with E-state index in [1.807, 2.05) is 0 Å². The summed E-state index contributed by atoms with van der Waals surface area (Å²) in [5, 5.41) is 0. The van der Waals surface area contributed by atoms with E-state index in [9.17, 15) is 9.59 Å². The Hall–Kier alpha value is -1.000. The first-order valence-electron chi connectivity index (χ1n) is 4.60. The molecule has 88 valence electrons. The van der Waals surface area contributed by atoms with Crippen LogP contribution >= 0.6 is 23.2 Å². The standard InChI is InChI=1S/C10H10Cl2O4/c1-2-15-9(14)5-7-3-6(13)4-8(16-7)10(11)12/h3-4,10H,2,5H2,1H3. The summed E-state index contributed by atoms with van der Waals surface area (Å²) in [6.07, 6.45) is -0.114. The van der Waals surface area contributed by atoms with Gasteiger partial charge in [-0.05, 0) is 6.92 Å². The highest BCUT2D eigenvalue weighted by atomic mass is 35.5. The number of rotatable bonds is 4. The first-order valence-corrected chi connectivity index (χ1v) is 5.48. The van der Waals surface area contributed by atoms with Crippen LogP contribution in [0.4, 0.5) is 0 Å². The zero-order valence-electron chi connectivity index (χ0n) is 8.54. The van der Waals surface area contributed by atoms with E-state index >= 15 is 0 Å². The number of halogens is 2. The van der Waals surface area contributed by atoms with Crippen LogP contribution in [0.1, 0.15) is 23.3 Å². The van der Waals surface area contributed by atoms with Gasteiger partial charge >= 0.3 is 5.97 Å². The molecule has 0 aliphatic rings. The molecule has 0 bridgehead atoms. The summed E-state index contributed by atoms with van der Waals surface area (Å²) in [5.74, 6) is -0.161. The zero-order chi connectivity index (χ0) is 12.1. The molecule has 0 amide bonds. The summed E-state index contributed by atoms with van der Waals surface area (Å²) >= 11 is 11.1. The van der Waals surface area contributed by atoms with Gasteiger partial charge in [-0.15, -0.1) is 0 Å². The summed E-state index contributed by atoms with van der Waals surface area (Å²) in [6, 6.07) is 2.38. The van der Waals surface area contributed by atoms with Gasteiger partial charge in [0.05, 0.1) is 6.61 Å². The van der Waals surface area contributed by atoms with E-state index in [-0.39, 0.29) is 30.0 Å². The summed E-state index contributed by atoms with van der Waals surface area (Å²) in [4.78, 5) is 21.4. The second kappa shape index (κ2) is 5.92. The molecular formula is C10H10Cl2O4. The Morgan fingerprint density at radius 2 is 2.19 bits per heavy atom. The van der Waals surface area contributed by atoms with Gasteiger partial charge in [0, 0.05) is 12.1 Å². The molecule has 1 rings (SSSR count). The van der Waals surface area contributed by atoms with Crippen molar-refractivity contribution in [3.63, 3.8) is 0 Å². The van der Waals surface area contributed by atoms with Gasteiger partial charge < -0.3 is 9.15 Å². The van der Waals surface area contributed by atoms with Crippen LogP contribution in [0.25, 0.3) is 0 Å². The van der Waals surface area contributed by atoms with Crippen LogP contribution in [0.3, 0.4) is 0 Å².